The van der Waals surface area contributed by atoms with Gasteiger partial charge in [0.15, 0.2) is 0 Å². The van der Waals surface area contributed by atoms with Crippen LogP contribution in [0.15, 0.2) is 12.1 Å². The minimum Gasteiger partial charge on any atom is -0.496 e. The molecule has 4 heteroatoms. The van der Waals surface area contributed by atoms with Gasteiger partial charge >= 0.3 is 0 Å². The Bertz CT molecular complexity index is 453. The maximum Gasteiger partial charge on any atom is 0.123 e. The molecule has 0 saturated carbocycles. The highest BCUT2D eigenvalue weighted by Gasteiger charge is 2.22. The summed E-state index contributed by atoms with van der Waals surface area (Å²) < 4.78 is 5.51. The van der Waals surface area contributed by atoms with Gasteiger partial charge in [-0.05, 0) is 37.7 Å². The fourth-order valence-corrected chi connectivity index (χ4v) is 3.09. The number of anilines is 1. The third-order valence-corrected chi connectivity index (χ3v) is 4.28. The molecule has 0 unspecified atom stereocenters. The largest absolute Gasteiger partial charge is 0.496 e. The van der Waals surface area contributed by atoms with Crippen LogP contribution in [-0.4, -0.2) is 51.8 Å². The number of rotatable bonds is 2. The average Bonchev–Trinajstić information content (AvgIpc) is 2.47. The quantitative estimate of drug-likeness (QED) is 0.862. The number of likely N-dealkylation sites (N-methyl/N-ethyl adjacent to an activating group) is 1. The summed E-state index contributed by atoms with van der Waals surface area (Å²) in [6.45, 7) is 6.56. The molecule has 0 aliphatic carbocycles. The Labute approximate surface area is 115 Å². The molecule has 0 aromatic heterocycles. The molecule has 1 aromatic rings. The summed E-state index contributed by atoms with van der Waals surface area (Å²) in [4.78, 5) is 4.93. The summed E-state index contributed by atoms with van der Waals surface area (Å²) in [5.41, 5.74) is 4.26. The van der Waals surface area contributed by atoms with Crippen molar-refractivity contribution in [2.75, 3.05) is 51.8 Å². The first-order valence-electron chi connectivity index (χ1n) is 7.12. The molecule has 0 radical (unpaired) electrons. The van der Waals surface area contributed by atoms with Gasteiger partial charge in [-0.3, -0.25) is 0 Å². The lowest BCUT2D eigenvalue weighted by Crippen LogP contribution is -2.45. The van der Waals surface area contributed by atoms with Crippen molar-refractivity contribution in [1.82, 2.24) is 10.2 Å². The number of benzene rings is 1. The predicted molar refractivity (Wildman–Crippen MR) is 78.1 cm³/mol. The number of hydrogen-bond donors (Lipinski definition) is 1. The smallest absolute Gasteiger partial charge is 0.123 e. The summed E-state index contributed by atoms with van der Waals surface area (Å²) in [6.07, 6.45) is 1.11. The van der Waals surface area contributed by atoms with Crippen LogP contribution in [0, 0.1) is 0 Å². The van der Waals surface area contributed by atoms with E-state index in [0.29, 0.717) is 0 Å². The van der Waals surface area contributed by atoms with Crippen molar-refractivity contribution in [3.8, 4) is 5.75 Å². The van der Waals surface area contributed by atoms with Gasteiger partial charge in [-0.15, -0.1) is 0 Å². The first-order valence-corrected chi connectivity index (χ1v) is 7.12. The second-order valence-corrected chi connectivity index (χ2v) is 5.46. The molecule has 1 fully saturated rings. The highest BCUT2D eigenvalue weighted by molar-refractivity contribution is 5.62. The molecular formula is C15H23N3O. The van der Waals surface area contributed by atoms with Crippen LogP contribution in [0.5, 0.6) is 5.75 Å². The lowest BCUT2D eigenvalue weighted by molar-refractivity contribution is 0.312. The maximum absolute atomic E-state index is 5.51. The summed E-state index contributed by atoms with van der Waals surface area (Å²) in [7, 11) is 3.96. The van der Waals surface area contributed by atoms with E-state index in [0.717, 1.165) is 51.4 Å². The van der Waals surface area contributed by atoms with Gasteiger partial charge in [-0.1, -0.05) is 0 Å². The summed E-state index contributed by atoms with van der Waals surface area (Å²) in [6, 6.07) is 4.37. The van der Waals surface area contributed by atoms with Crippen LogP contribution >= 0.6 is 0 Å². The van der Waals surface area contributed by atoms with Crippen LogP contribution in [0.4, 0.5) is 5.69 Å². The first-order chi connectivity index (χ1) is 9.29. The Hall–Kier alpha value is -1.26. The number of piperazine rings is 1. The second kappa shape index (κ2) is 5.39. The molecule has 4 nitrogen and oxygen atoms in total. The summed E-state index contributed by atoms with van der Waals surface area (Å²) in [5, 5.41) is 3.45. The lowest BCUT2D eigenvalue weighted by Gasteiger charge is -2.36. The zero-order valence-corrected chi connectivity index (χ0v) is 11.9. The molecule has 19 heavy (non-hydrogen) atoms. The molecule has 0 spiro atoms. The van der Waals surface area contributed by atoms with Crippen molar-refractivity contribution in [3.63, 3.8) is 0 Å². The second-order valence-electron chi connectivity index (χ2n) is 5.46. The number of hydrogen-bond acceptors (Lipinski definition) is 4. The van der Waals surface area contributed by atoms with Gasteiger partial charge in [-0.25, -0.2) is 0 Å². The van der Waals surface area contributed by atoms with Crippen LogP contribution in [0.25, 0.3) is 0 Å². The van der Waals surface area contributed by atoms with Gasteiger partial charge in [0.1, 0.15) is 5.75 Å². The van der Waals surface area contributed by atoms with Crippen LogP contribution in [0.1, 0.15) is 11.1 Å². The molecule has 0 amide bonds. The van der Waals surface area contributed by atoms with Gasteiger partial charge in [-0.2, -0.15) is 0 Å². The SMILES string of the molecule is COc1ccc(N2CCN(C)CC2)c2c1CNCC2. The van der Waals surface area contributed by atoms with E-state index in [4.69, 9.17) is 4.74 Å². The van der Waals surface area contributed by atoms with E-state index in [1.807, 2.05) is 0 Å². The molecule has 1 N–H and O–H groups in total. The van der Waals surface area contributed by atoms with Crippen molar-refractivity contribution in [2.45, 2.75) is 13.0 Å². The van der Waals surface area contributed by atoms with Crippen molar-refractivity contribution in [3.05, 3.63) is 23.3 Å². The van der Waals surface area contributed by atoms with E-state index < -0.39 is 0 Å². The van der Waals surface area contributed by atoms with E-state index in [2.05, 4.69) is 34.3 Å². The van der Waals surface area contributed by atoms with E-state index >= 15 is 0 Å². The number of ether oxygens (including phenoxy) is 1. The Morgan fingerprint density at radius 2 is 1.89 bits per heavy atom. The third kappa shape index (κ3) is 2.42. The number of nitrogens with zero attached hydrogens (tertiary/aromatic N) is 2. The van der Waals surface area contributed by atoms with Crippen LogP contribution < -0.4 is 15.0 Å². The molecule has 0 bridgehead atoms. The zero-order valence-electron chi connectivity index (χ0n) is 11.9. The first kappa shape index (κ1) is 12.8. The lowest BCUT2D eigenvalue weighted by atomic mass is 9.97. The zero-order chi connectivity index (χ0) is 13.2. The predicted octanol–water partition coefficient (Wildman–Crippen LogP) is 1.09. The highest BCUT2D eigenvalue weighted by atomic mass is 16.5. The highest BCUT2D eigenvalue weighted by Crippen LogP contribution is 2.33. The number of fused-ring (bicyclic) bond motifs is 1. The minimum atomic E-state index is 0.931. The molecule has 2 aliphatic rings. The Morgan fingerprint density at radius 1 is 1.11 bits per heavy atom. The van der Waals surface area contributed by atoms with Gasteiger partial charge in [0.05, 0.1) is 7.11 Å². The molecule has 1 aromatic carbocycles. The van der Waals surface area contributed by atoms with E-state index in [9.17, 15) is 0 Å². The summed E-state index contributed by atoms with van der Waals surface area (Å²) >= 11 is 0. The van der Waals surface area contributed by atoms with Crippen molar-refractivity contribution < 1.29 is 4.74 Å². The molecule has 0 atom stereocenters. The Balaban J connectivity index is 1.93. The van der Waals surface area contributed by atoms with Gasteiger partial charge in [0, 0.05) is 44.0 Å². The van der Waals surface area contributed by atoms with E-state index in [1.54, 1.807) is 7.11 Å². The number of methoxy groups -OCH3 is 1. The fraction of sp³-hybridized carbons (Fsp3) is 0.600. The molecule has 3 rings (SSSR count). The number of nitrogens with one attached hydrogen (secondary N) is 1. The van der Waals surface area contributed by atoms with Gasteiger partial charge in [0.25, 0.3) is 0 Å². The minimum absolute atomic E-state index is 0.931. The van der Waals surface area contributed by atoms with E-state index in [-0.39, 0.29) is 0 Å². The van der Waals surface area contributed by atoms with E-state index in [1.165, 1.54) is 16.8 Å². The molecule has 104 valence electrons. The third-order valence-electron chi connectivity index (χ3n) is 4.28. The molecule has 2 aliphatic heterocycles. The van der Waals surface area contributed by atoms with Gasteiger partial charge < -0.3 is 19.9 Å². The topological polar surface area (TPSA) is 27.7 Å². The normalized spacial score (nSPS) is 20.2. The Morgan fingerprint density at radius 3 is 2.63 bits per heavy atom. The monoisotopic (exact) mass is 261 g/mol. The maximum atomic E-state index is 5.51. The van der Waals surface area contributed by atoms with Gasteiger partial charge in [0.2, 0.25) is 0 Å². The molecule has 1 saturated heterocycles. The fourth-order valence-electron chi connectivity index (χ4n) is 3.09. The van der Waals surface area contributed by atoms with Crippen molar-refractivity contribution >= 4 is 5.69 Å². The average molecular weight is 261 g/mol. The molecule has 2 heterocycles. The van der Waals surface area contributed by atoms with Crippen LogP contribution in [0.2, 0.25) is 0 Å². The van der Waals surface area contributed by atoms with Crippen molar-refractivity contribution in [1.29, 1.82) is 0 Å². The summed E-state index contributed by atoms with van der Waals surface area (Å²) in [5.74, 6) is 1.03. The van der Waals surface area contributed by atoms with Crippen molar-refractivity contribution in [2.24, 2.45) is 0 Å². The Kier molecular flexibility index (Phi) is 3.62. The van der Waals surface area contributed by atoms with Crippen LogP contribution in [-0.2, 0) is 13.0 Å². The standard InChI is InChI=1S/C15H23N3O/c1-17-7-9-18(10-8-17)14-3-4-15(19-2)13-11-16-6-5-12(13)14/h3-4,16H,5-11H2,1-2H3. The van der Waals surface area contributed by atoms with Crippen LogP contribution in [0.3, 0.4) is 0 Å². The molecular weight excluding hydrogens is 238 g/mol.